The van der Waals surface area contributed by atoms with E-state index >= 15 is 0 Å². The van der Waals surface area contributed by atoms with Crippen molar-refractivity contribution in [3.05, 3.63) is 0 Å². The molecule has 0 radical (unpaired) electrons. The number of nitrogens with zero attached hydrogens (tertiary/aromatic N) is 1. The standard InChI is InChI=1S/C16H31N3O/c1-12(15(20)18-16(2,3)4)19-9-5-6-13(11-19)10-17-14-7-8-14/h12-14,17H,5-11H2,1-4H3,(H,18,20). The first-order valence-corrected chi connectivity index (χ1v) is 8.14. The summed E-state index contributed by atoms with van der Waals surface area (Å²) in [4.78, 5) is 14.6. The number of carbonyl (C=O) groups excluding carboxylic acids is 1. The minimum Gasteiger partial charge on any atom is -0.350 e. The van der Waals surface area contributed by atoms with Gasteiger partial charge in [0.15, 0.2) is 0 Å². The van der Waals surface area contributed by atoms with E-state index in [2.05, 4.69) is 15.5 Å². The smallest absolute Gasteiger partial charge is 0.237 e. The van der Waals surface area contributed by atoms with Gasteiger partial charge >= 0.3 is 0 Å². The van der Waals surface area contributed by atoms with Crippen LogP contribution in [0.3, 0.4) is 0 Å². The lowest BCUT2D eigenvalue weighted by molar-refractivity contribution is -0.128. The Labute approximate surface area is 123 Å². The van der Waals surface area contributed by atoms with E-state index in [4.69, 9.17) is 0 Å². The molecule has 4 heteroatoms. The lowest BCUT2D eigenvalue weighted by atomic mass is 9.96. The Morgan fingerprint density at radius 3 is 2.60 bits per heavy atom. The average molecular weight is 281 g/mol. The minimum atomic E-state index is -0.145. The van der Waals surface area contributed by atoms with Crippen molar-refractivity contribution in [2.45, 2.75) is 71.0 Å². The number of carbonyl (C=O) groups is 1. The summed E-state index contributed by atoms with van der Waals surface area (Å²) in [5.41, 5.74) is -0.145. The Balaban J connectivity index is 1.79. The maximum absolute atomic E-state index is 12.3. The highest BCUT2D eigenvalue weighted by atomic mass is 16.2. The Kier molecular flexibility index (Phi) is 5.08. The van der Waals surface area contributed by atoms with Crippen LogP contribution in [0.25, 0.3) is 0 Å². The lowest BCUT2D eigenvalue weighted by Crippen LogP contribution is -2.53. The van der Waals surface area contributed by atoms with Crippen LogP contribution in [0.15, 0.2) is 0 Å². The fourth-order valence-corrected chi connectivity index (χ4v) is 2.88. The molecule has 0 aromatic rings. The third-order valence-electron chi connectivity index (χ3n) is 4.25. The second kappa shape index (κ2) is 6.44. The van der Waals surface area contributed by atoms with Crippen molar-refractivity contribution in [2.75, 3.05) is 19.6 Å². The van der Waals surface area contributed by atoms with E-state index in [0.717, 1.165) is 25.7 Å². The maximum atomic E-state index is 12.3. The molecule has 1 amide bonds. The van der Waals surface area contributed by atoms with Crippen molar-refractivity contribution < 1.29 is 4.79 Å². The lowest BCUT2D eigenvalue weighted by Gasteiger charge is -2.37. The van der Waals surface area contributed by atoms with Gasteiger partial charge < -0.3 is 10.6 Å². The zero-order chi connectivity index (χ0) is 14.8. The van der Waals surface area contributed by atoms with Crippen molar-refractivity contribution in [2.24, 2.45) is 5.92 Å². The molecule has 20 heavy (non-hydrogen) atoms. The summed E-state index contributed by atoms with van der Waals surface area (Å²) in [6.45, 7) is 11.4. The first kappa shape index (κ1) is 15.8. The summed E-state index contributed by atoms with van der Waals surface area (Å²) in [5.74, 6) is 0.863. The molecule has 1 aliphatic carbocycles. The molecule has 4 nitrogen and oxygen atoms in total. The molecule has 1 aliphatic heterocycles. The SMILES string of the molecule is CC(C(=O)NC(C)(C)C)N1CCCC(CNC2CC2)C1. The van der Waals surface area contributed by atoms with Crippen LogP contribution >= 0.6 is 0 Å². The molecule has 2 N–H and O–H groups in total. The second-order valence-corrected chi connectivity index (χ2v) is 7.60. The molecule has 2 fully saturated rings. The summed E-state index contributed by atoms with van der Waals surface area (Å²) in [5, 5.41) is 6.72. The van der Waals surface area contributed by atoms with E-state index < -0.39 is 0 Å². The Bertz CT molecular complexity index is 333. The van der Waals surface area contributed by atoms with E-state index in [1.165, 1.54) is 25.7 Å². The Morgan fingerprint density at radius 2 is 2.00 bits per heavy atom. The van der Waals surface area contributed by atoms with Gasteiger partial charge in [0.1, 0.15) is 0 Å². The molecule has 1 saturated heterocycles. The Morgan fingerprint density at radius 1 is 1.30 bits per heavy atom. The zero-order valence-electron chi connectivity index (χ0n) is 13.5. The molecule has 1 saturated carbocycles. The van der Waals surface area contributed by atoms with Gasteiger partial charge in [0.25, 0.3) is 0 Å². The van der Waals surface area contributed by atoms with E-state index in [0.29, 0.717) is 5.92 Å². The van der Waals surface area contributed by atoms with Gasteiger partial charge in [0, 0.05) is 18.1 Å². The summed E-state index contributed by atoms with van der Waals surface area (Å²) < 4.78 is 0. The largest absolute Gasteiger partial charge is 0.350 e. The van der Waals surface area contributed by atoms with Crippen LogP contribution in [-0.4, -0.2) is 48.1 Å². The molecule has 2 unspecified atom stereocenters. The zero-order valence-corrected chi connectivity index (χ0v) is 13.5. The fourth-order valence-electron chi connectivity index (χ4n) is 2.88. The van der Waals surface area contributed by atoms with E-state index in [-0.39, 0.29) is 17.5 Å². The quantitative estimate of drug-likeness (QED) is 0.807. The normalized spacial score (nSPS) is 26.3. The van der Waals surface area contributed by atoms with Gasteiger partial charge in [-0.15, -0.1) is 0 Å². The van der Waals surface area contributed by atoms with Crippen molar-refractivity contribution in [3.63, 3.8) is 0 Å². The highest BCUT2D eigenvalue weighted by molar-refractivity contribution is 5.81. The number of piperidine rings is 1. The van der Waals surface area contributed by atoms with Gasteiger partial charge in [0.2, 0.25) is 5.91 Å². The number of hydrogen-bond acceptors (Lipinski definition) is 3. The first-order valence-electron chi connectivity index (χ1n) is 8.14. The summed E-state index contributed by atoms with van der Waals surface area (Å²) in [6, 6.07) is 0.768. The van der Waals surface area contributed by atoms with Gasteiger partial charge in [-0.2, -0.15) is 0 Å². The molecular weight excluding hydrogens is 250 g/mol. The first-order chi connectivity index (χ1) is 9.35. The van der Waals surface area contributed by atoms with Crippen LogP contribution < -0.4 is 10.6 Å². The van der Waals surface area contributed by atoms with Crippen LogP contribution in [-0.2, 0) is 4.79 Å². The van der Waals surface area contributed by atoms with Crippen LogP contribution in [0.4, 0.5) is 0 Å². The summed E-state index contributed by atoms with van der Waals surface area (Å²) in [6.07, 6.45) is 5.20. The number of nitrogens with one attached hydrogen (secondary N) is 2. The number of likely N-dealkylation sites (tertiary alicyclic amines) is 1. The molecule has 0 spiro atoms. The summed E-state index contributed by atoms with van der Waals surface area (Å²) >= 11 is 0. The van der Waals surface area contributed by atoms with Crippen LogP contribution in [0.1, 0.15) is 53.4 Å². The van der Waals surface area contributed by atoms with Crippen LogP contribution in [0.2, 0.25) is 0 Å². The highest BCUT2D eigenvalue weighted by Gasteiger charge is 2.30. The third-order valence-corrected chi connectivity index (χ3v) is 4.25. The van der Waals surface area contributed by atoms with Gasteiger partial charge in [-0.3, -0.25) is 9.69 Å². The molecule has 2 rings (SSSR count). The fraction of sp³-hybridized carbons (Fsp3) is 0.938. The summed E-state index contributed by atoms with van der Waals surface area (Å²) in [7, 11) is 0. The van der Waals surface area contributed by atoms with Crippen molar-refractivity contribution in [3.8, 4) is 0 Å². The molecule has 0 aromatic carbocycles. The Hall–Kier alpha value is -0.610. The van der Waals surface area contributed by atoms with Crippen LogP contribution in [0.5, 0.6) is 0 Å². The monoisotopic (exact) mass is 281 g/mol. The van der Waals surface area contributed by atoms with Crippen molar-refractivity contribution in [1.29, 1.82) is 0 Å². The van der Waals surface area contributed by atoms with Crippen molar-refractivity contribution in [1.82, 2.24) is 15.5 Å². The van der Waals surface area contributed by atoms with Crippen molar-refractivity contribution >= 4 is 5.91 Å². The minimum absolute atomic E-state index is 0.0158. The van der Waals surface area contributed by atoms with Gasteiger partial charge in [-0.05, 0) is 72.4 Å². The molecule has 116 valence electrons. The van der Waals surface area contributed by atoms with E-state index in [1.54, 1.807) is 0 Å². The van der Waals surface area contributed by atoms with Crippen LogP contribution in [0, 0.1) is 5.92 Å². The topological polar surface area (TPSA) is 44.4 Å². The molecular formula is C16H31N3O. The molecule has 2 aliphatic rings. The molecule has 2 atom stereocenters. The predicted molar refractivity (Wildman–Crippen MR) is 82.7 cm³/mol. The predicted octanol–water partition coefficient (Wildman–Crippen LogP) is 1.75. The van der Waals surface area contributed by atoms with Gasteiger partial charge in [-0.25, -0.2) is 0 Å². The molecule has 0 bridgehead atoms. The van der Waals surface area contributed by atoms with E-state index in [1.807, 2.05) is 27.7 Å². The van der Waals surface area contributed by atoms with Gasteiger partial charge in [0.05, 0.1) is 6.04 Å². The molecule has 0 aromatic heterocycles. The van der Waals surface area contributed by atoms with Gasteiger partial charge in [-0.1, -0.05) is 0 Å². The second-order valence-electron chi connectivity index (χ2n) is 7.60. The van der Waals surface area contributed by atoms with E-state index in [9.17, 15) is 4.79 Å². The number of hydrogen-bond donors (Lipinski definition) is 2. The highest BCUT2D eigenvalue weighted by Crippen LogP contribution is 2.22. The number of rotatable bonds is 5. The maximum Gasteiger partial charge on any atom is 0.237 e. The number of amides is 1. The third kappa shape index (κ3) is 5.06. The average Bonchev–Trinajstić information content (AvgIpc) is 3.18. The molecule has 1 heterocycles.